The summed E-state index contributed by atoms with van der Waals surface area (Å²) in [7, 11) is 0. The zero-order valence-corrected chi connectivity index (χ0v) is 13.1. The lowest BCUT2D eigenvalue weighted by atomic mass is 9.82. The van der Waals surface area contributed by atoms with Crippen LogP contribution in [-0.2, 0) is 14.4 Å². The maximum absolute atomic E-state index is 11.2. The second-order valence-electron chi connectivity index (χ2n) is 5.97. The van der Waals surface area contributed by atoms with E-state index in [1.165, 1.54) is 6.92 Å². The molecular formula is C15H23NO7. The van der Waals surface area contributed by atoms with Crippen molar-refractivity contribution in [1.82, 2.24) is 5.32 Å². The molecule has 130 valence electrons. The first-order valence-electron chi connectivity index (χ1n) is 7.40. The number of hydrogen-bond acceptors (Lipinski definition) is 5. The molecule has 5 atom stereocenters. The van der Waals surface area contributed by atoms with Crippen LogP contribution in [0.3, 0.4) is 0 Å². The Morgan fingerprint density at radius 2 is 1.87 bits per heavy atom. The van der Waals surface area contributed by atoms with Gasteiger partial charge in [0.05, 0.1) is 18.4 Å². The highest BCUT2D eigenvalue weighted by Gasteiger charge is 2.41. The van der Waals surface area contributed by atoms with Gasteiger partial charge in [-0.2, -0.15) is 0 Å². The van der Waals surface area contributed by atoms with E-state index < -0.39 is 41.9 Å². The van der Waals surface area contributed by atoms with Crippen LogP contribution in [0.15, 0.2) is 11.6 Å². The Labute approximate surface area is 133 Å². The largest absolute Gasteiger partial charge is 0.481 e. The third kappa shape index (κ3) is 5.04. The first-order valence-corrected chi connectivity index (χ1v) is 7.40. The SMILES string of the molecule is C/C(=C/CC(O)C(C)C(=O)O)C1CNC(C(=O)O)C1CC(=O)O. The Hall–Kier alpha value is -1.93. The molecule has 5 unspecified atom stereocenters. The molecule has 0 radical (unpaired) electrons. The number of carbonyl (C=O) groups is 3. The summed E-state index contributed by atoms with van der Waals surface area (Å²) in [5, 5.41) is 39.6. The molecule has 1 aliphatic rings. The highest BCUT2D eigenvalue weighted by molar-refractivity contribution is 5.76. The maximum Gasteiger partial charge on any atom is 0.321 e. The van der Waals surface area contributed by atoms with Gasteiger partial charge in [0.2, 0.25) is 0 Å². The van der Waals surface area contributed by atoms with Gasteiger partial charge in [-0.1, -0.05) is 11.6 Å². The van der Waals surface area contributed by atoms with Crippen molar-refractivity contribution in [2.45, 2.75) is 38.8 Å². The molecule has 0 spiro atoms. The topological polar surface area (TPSA) is 144 Å². The van der Waals surface area contributed by atoms with Gasteiger partial charge in [0.25, 0.3) is 0 Å². The molecular weight excluding hydrogens is 306 g/mol. The van der Waals surface area contributed by atoms with E-state index in [0.717, 1.165) is 5.57 Å². The van der Waals surface area contributed by atoms with Crippen molar-refractivity contribution in [3.8, 4) is 0 Å². The van der Waals surface area contributed by atoms with Crippen molar-refractivity contribution >= 4 is 17.9 Å². The van der Waals surface area contributed by atoms with Crippen LogP contribution >= 0.6 is 0 Å². The zero-order chi connectivity index (χ0) is 17.7. The van der Waals surface area contributed by atoms with Crippen LogP contribution in [0.2, 0.25) is 0 Å². The molecule has 0 aromatic heterocycles. The Morgan fingerprint density at radius 3 is 2.35 bits per heavy atom. The van der Waals surface area contributed by atoms with E-state index in [1.807, 2.05) is 0 Å². The first kappa shape index (κ1) is 19.1. The van der Waals surface area contributed by atoms with E-state index >= 15 is 0 Å². The Bertz CT molecular complexity index is 502. The smallest absolute Gasteiger partial charge is 0.321 e. The molecule has 0 bridgehead atoms. The molecule has 1 aliphatic heterocycles. The lowest BCUT2D eigenvalue weighted by molar-refractivity contribution is -0.145. The molecule has 1 heterocycles. The Kier molecular flexibility index (Phi) is 6.71. The number of carboxylic acid groups (broad SMARTS) is 3. The van der Waals surface area contributed by atoms with Crippen molar-refractivity contribution in [2.24, 2.45) is 17.8 Å². The van der Waals surface area contributed by atoms with E-state index in [9.17, 15) is 19.5 Å². The van der Waals surface area contributed by atoms with Crippen LogP contribution in [0.25, 0.3) is 0 Å². The van der Waals surface area contributed by atoms with Gasteiger partial charge in [0.1, 0.15) is 6.04 Å². The summed E-state index contributed by atoms with van der Waals surface area (Å²) in [6.45, 7) is 3.48. The van der Waals surface area contributed by atoms with Crippen molar-refractivity contribution in [3.05, 3.63) is 11.6 Å². The van der Waals surface area contributed by atoms with Gasteiger partial charge < -0.3 is 25.7 Å². The van der Waals surface area contributed by atoms with Crippen LogP contribution in [0, 0.1) is 17.8 Å². The fourth-order valence-electron chi connectivity index (χ4n) is 2.85. The molecule has 0 aliphatic carbocycles. The van der Waals surface area contributed by atoms with E-state index in [0.29, 0.717) is 6.54 Å². The predicted octanol–water partition coefficient (Wildman–Crippen LogP) is 0.168. The number of aliphatic hydroxyl groups is 1. The summed E-state index contributed by atoms with van der Waals surface area (Å²) >= 11 is 0. The minimum atomic E-state index is -1.10. The highest BCUT2D eigenvalue weighted by Crippen LogP contribution is 2.32. The Balaban J connectivity index is 2.81. The summed E-state index contributed by atoms with van der Waals surface area (Å²) in [6, 6.07) is -0.928. The number of hydrogen-bond donors (Lipinski definition) is 5. The molecule has 23 heavy (non-hydrogen) atoms. The van der Waals surface area contributed by atoms with Crippen molar-refractivity contribution in [1.29, 1.82) is 0 Å². The van der Waals surface area contributed by atoms with Gasteiger partial charge in [0.15, 0.2) is 0 Å². The lowest BCUT2D eigenvalue weighted by Crippen LogP contribution is -2.36. The third-order valence-electron chi connectivity index (χ3n) is 4.41. The predicted molar refractivity (Wildman–Crippen MR) is 79.8 cm³/mol. The van der Waals surface area contributed by atoms with Crippen LogP contribution < -0.4 is 5.32 Å². The van der Waals surface area contributed by atoms with E-state index in [-0.39, 0.29) is 18.8 Å². The van der Waals surface area contributed by atoms with Crippen molar-refractivity contribution in [3.63, 3.8) is 0 Å². The second-order valence-corrected chi connectivity index (χ2v) is 5.97. The summed E-state index contributed by atoms with van der Waals surface area (Å²) < 4.78 is 0. The van der Waals surface area contributed by atoms with Gasteiger partial charge in [0, 0.05) is 12.5 Å². The molecule has 0 saturated carbocycles. The molecule has 5 N–H and O–H groups in total. The monoisotopic (exact) mass is 329 g/mol. The van der Waals surface area contributed by atoms with Crippen LogP contribution in [-0.4, -0.2) is 57.0 Å². The van der Waals surface area contributed by atoms with Gasteiger partial charge in [-0.25, -0.2) is 0 Å². The van der Waals surface area contributed by atoms with Crippen LogP contribution in [0.4, 0.5) is 0 Å². The minimum absolute atomic E-state index is 0.118. The zero-order valence-electron chi connectivity index (χ0n) is 13.1. The molecule has 1 fully saturated rings. The molecule has 8 heteroatoms. The Morgan fingerprint density at radius 1 is 1.26 bits per heavy atom. The maximum atomic E-state index is 11.2. The molecule has 0 aromatic rings. The van der Waals surface area contributed by atoms with Gasteiger partial charge in [-0.15, -0.1) is 0 Å². The number of carboxylic acids is 3. The highest BCUT2D eigenvalue weighted by atomic mass is 16.4. The van der Waals surface area contributed by atoms with Gasteiger partial charge in [-0.05, 0) is 26.2 Å². The summed E-state index contributed by atoms with van der Waals surface area (Å²) in [6.07, 6.45) is 0.460. The number of aliphatic hydroxyl groups excluding tert-OH is 1. The third-order valence-corrected chi connectivity index (χ3v) is 4.41. The molecule has 0 amide bonds. The lowest BCUT2D eigenvalue weighted by Gasteiger charge is -2.21. The second kappa shape index (κ2) is 8.07. The van der Waals surface area contributed by atoms with Crippen molar-refractivity contribution in [2.75, 3.05) is 6.54 Å². The number of aliphatic carboxylic acids is 3. The minimum Gasteiger partial charge on any atom is -0.481 e. The number of nitrogens with one attached hydrogen (secondary N) is 1. The summed E-state index contributed by atoms with van der Waals surface area (Å²) in [5.41, 5.74) is 0.754. The molecule has 0 aromatic carbocycles. The molecule has 8 nitrogen and oxygen atoms in total. The van der Waals surface area contributed by atoms with Crippen LogP contribution in [0.1, 0.15) is 26.7 Å². The fraction of sp³-hybridized carbons (Fsp3) is 0.667. The average molecular weight is 329 g/mol. The average Bonchev–Trinajstić information content (AvgIpc) is 2.86. The first-order chi connectivity index (χ1) is 10.6. The fourth-order valence-corrected chi connectivity index (χ4v) is 2.85. The van der Waals surface area contributed by atoms with Crippen molar-refractivity contribution < 1.29 is 34.8 Å². The van der Waals surface area contributed by atoms with E-state index in [2.05, 4.69) is 5.32 Å². The van der Waals surface area contributed by atoms with E-state index in [4.69, 9.17) is 15.3 Å². The number of rotatable bonds is 8. The van der Waals surface area contributed by atoms with Crippen LogP contribution in [0.5, 0.6) is 0 Å². The summed E-state index contributed by atoms with van der Waals surface area (Å²) in [5.74, 6) is -5.04. The van der Waals surface area contributed by atoms with Gasteiger partial charge in [-0.3, -0.25) is 14.4 Å². The summed E-state index contributed by atoms with van der Waals surface area (Å²) in [4.78, 5) is 33.0. The normalized spacial score (nSPS) is 27.4. The molecule has 1 saturated heterocycles. The van der Waals surface area contributed by atoms with E-state index in [1.54, 1.807) is 13.0 Å². The van der Waals surface area contributed by atoms with Gasteiger partial charge >= 0.3 is 17.9 Å². The standard InChI is InChI=1S/C15H23NO7/c1-7(3-4-11(17)8(2)14(20)21)10-6-16-13(15(22)23)9(10)5-12(18)19/h3,8-11,13,16-17H,4-6H2,1-2H3,(H,18,19)(H,20,21)(H,22,23)/b7-3-. The quantitative estimate of drug-likeness (QED) is 0.396. The molecule has 1 rings (SSSR count).